The zero-order valence-corrected chi connectivity index (χ0v) is 12.2. The first-order chi connectivity index (χ1) is 9.61. The highest BCUT2D eigenvalue weighted by atomic mass is 16.5. The van der Waals surface area contributed by atoms with Crippen molar-refractivity contribution >= 4 is 11.8 Å². The summed E-state index contributed by atoms with van der Waals surface area (Å²) in [6.07, 6.45) is 3.61. The molecular weight excluding hydrogens is 252 g/mol. The van der Waals surface area contributed by atoms with Gasteiger partial charge in [-0.15, -0.1) is 0 Å². The van der Waals surface area contributed by atoms with Gasteiger partial charge in [-0.1, -0.05) is 24.3 Å². The molecule has 0 aliphatic heterocycles. The number of ketones is 1. The first-order valence-corrected chi connectivity index (χ1v) is 7.40. The van der Waals surface area contributed by atoms with Crippen molar-refractivity contribution in [2.45, 2.75) is 45.4 Å². The predicted molar refractivity (Wildman–Crippen MR) is 77.5 cm³/mol. The maximum absolute atomic E-state index is 11.7. The Morgan fingerprint density at radius 3 is 2.60 bits per heavy atom. The first kappa shape index (κ1) is 14.8. The highest BCUT2D eigenvalue weighted by molar-refractivity contribution is 5.83. The van der Waals surface area contributed by atoms with Crippen molar-refractivity contribution in [1.29, 1.82) is 0 Å². The summed E-state index contributed by atoms with van der Waals surface area (Å²) in [7, 11) is 0. The summed E-state index contributed by atoms with van der Waals surface area (Å²) in [6.45, 7) is 4.07. The van der Waals surface area contributed by atoms with Crippen LogP contribution in [0.2, 0.25) is 0 Å². The Bertz CT molecular complexity index is 476. The van der Waals surface area contributed by atoms with Gasteiger partial charge in [0.2, 0.25) is 0 Å². The van der Waals surface area contributed by atoms with Crippen molar-refractivity contribution < 1.29 is 14.3 Å². The molecule has 1 aromatic carbocycles. The molecule has 2 rings (SSSR count). The first-order valence-electron chi connectivity index (χ1n) is 7.40. The van der Waals surface area contributed by atoms with E-state index >= 15 is 0 Å². The Labute approximate surface area is 120 Å². The number of carbonyl (C=O) groups excluding carboxylic acids is 2. The Hall–Kier alpha value is -1.64. The van der Waals surface area contributed by atoms with Gasteiger partial charge in [-0.05, 0) is 44.2 Å². The molecule has 1 fully saturated rings. The number of rotatable bonds is 5. The second-order valence-electron chi connectivity index (χ2n) is 5.47. The number of hydrogen-bond donors (Lipinski definition) is 0. The molecule has 0 N–H and O–H groups in total. The molecule has 108 valence electrons. The van der Waals surface area contributed by atoms with Crippen molar-refractivity contribution in [3.05, 3.63) is 35.4 Å². The van der Waals surface area contributed by atoms with Gasteiger partial charge in [-0.3, -0.25) is 9.59 Å². The van der Waals surface area contributed by atoms with E-state index in [0.717, 1.165) is 31.2 Å². The molecule has 0 amide bonds. The summed E-state index contributed by atoms with van der Waals surface area (Å²) in [6, 6.07) is 7.99. The molecule has 3 nitrogen and oxygen atoms in total. The second-order valence-corrected chi connectivity index (χ2v) is 5.47. The summed E-state index contributed by atoms with van der Waals surface area (Å²) < 4.78 is 5.03. The zero-order chi connectivity index (χ0) is 14.5. The van der Waals surface area contributed by atoms with Crippen LogP contribution in [0.1, 0.15) is 50.2 Å². The van der Waals surface area contributed by atoms with Crippen LogP contribution in [0.25, 0.3) is 0 Å². The number of Topliss-reactive ketones (excluding diaryl/α,β-unsaturated/α-hetero) is 1. The van der Waals surface area contributed by atoms with E-state index in [1.807, 2.05) is 38.1 Å². The van der Waals surface area contributed by atoms with E-state index in [-0.39, 0.29) is 17.8 Å². The fourth-order valence-corrected chi connectivity index (χ4v) is 2.73. The fraction of sp³-hybridized carbons (Fsp3) is 0.529. The summed E-state index contributed by atoms with van der Waals surface area (Å²) in [5, 5.41) is 0. The van der Waals surface area contributed by atoms with E-state index in [9.17, 15) is 9.59 Å². The van der Waals surface area contributed by atoms with Gasteiger partial charge in [0, 0.05) is 12.3 Å². The number of esters is 1. The zero-order valence-electron chi connectivity index (χ0n) is 12.2. The average molecular weight is 274 g/mol. The summed E-state index contributed by atoms with van der Waals surface area (Å²) in [5.74, 6) is 0.167. The topological polar surface area (TPSA) is 43.4 Å². The van der Waals surface area contributed by atoms with Gasteiger partial charge in [0.1, 0.15) is 5.78 Å². The molecule has 0 heterocycles. The van der Waals surface area contributed by atoms with Crippen LogP contribution in [0, 0.1) is 5.92 Å². The number of ether oxygens (including phenoxy) is 1. The Kier molecular flexibility index (Phi) is 4.94. The van der Waals surface area contributed by atoms with Gasteiger partial charge in [-0.2, -0.15) is 0 Å². The van der Waals surface area contributed by atoms with E-state index in [2.05, 4.69) is 0 Å². The molecule has 1 aromatic rings. The van der Waals surface area contributed by atoms with Crippen LogP contribution >= 0.6 is 0 Å². The van der Waals surface area contributed by atoms with E-state index in [0.29, 0.717) is 12.4 Å². The predicted octanol–water partition coefficient (Wildman–Crippen LogP) is 3.26. The molecule has 0 saturated heterocycles. The molecule has 2 atom stereocenters. The van der Waals surface area contributed by atoms with Crippen LogP contribution in [-0.2, 0) is 20.7 Å². The lowest BCUT2D eigenvalue weighted by molar-refractivity contribution is -0.144. The summed E-state index contributed by atoms with van der Waals surface area (Å²) in [4.78, 5) is 23.3. The minimum atomic E-state index is -0.239. The third kappa shape index (κ3) is 3.47. The molecular formula is C17H22O3. The van der Waals surface area contributed by atoms with Crippen LogP contribution in [0.15, 0.2) is 24.3 Å². The molecule has 2 unspecified atom stereocenters. The molecule has 1 aliphatic carbocycles. The average Bonchev–Trinajstić information content (AvgIpc) is 2.85. The van der Waals surface area contributed by atoms with Gasteiger partial charge in [0.25, 0.3) is 0 Å². The van der Waals surface area contributed by atoms with Crippen LogP contribution < -0.4 is 0 Å². The Morgan fingerprint density at radius 1 is 1.35 bits per heavy atom. The summed E-state index contributed by atoms with van der Waals surface area (Å²) >= 11 is 0. The van der Waals surface area contributed by atoms with Gasteiger partial charge in [0.05, 0.1) is 12.5 Å². The highest BCUT2D eigenvalue weighted by Crippen LogP contribution is 2.26. The standard InChI is InChI=1S/C17H22O3/c1-3-20-17(19)12(2)14-9-7-13(8-10-14)11-15-5-4-6-16(15)18/h7-10,12,15H,3-6,11H2,1-2H3. The SMILES string of the molecule is CCOC(=O)C(C)c1ccc(CC2CCCC2=O)cc1. The van der Waals surface area contributed by atoms with Crippen molar-refractivity contribution in [2.24, 2.45) is 5.92 Å². The van der Waals surface area contributed by atoms with E-state index in [1.54, 1.807) is 0 Å². The molecule has 0 bridgehead atoms. The smallest absolute Gasteiger partial charge is 0.313 e. The molecule has 1 saturated carbocycles. The Balaban J connectivity index is 1.99. The van der Waals surface area contributed by atoms with Gasteiger partial charge in [-0.25, -0.2) is 0 Å². The molecule has 20 heavy (non-hydrogen) atoms. The van der Waals surface area contributed by atoms with Crippen LogP contribution in [0.3, 0.4) is 0 Å². The third-order valence-electron chi connectivity index (χ3n) is 4.03. The summed E-state index contributed by atoms with van der Waals surface area (Å²) in [5.41, 5.74) is 2.13. The minimum absolute atomic E-state index is 0.189. The highest BCUT2D eigenvalue weighted by Gasteiger charge is 2.24. The van der Waals surface area contributed by atoms with Crippen LogP contribution in [0.4, 0.5) is 0 Å². The van der Waals surface area contributed by atoms with E-state index < -0.39 is 0 Å². The maximum atomic E-state index is 11.7. The van der Waals surface area contributed by atoms with Crippen molar-refractivity contribution in [1.82, 2.24) is 0 Å². The van der Waals surface area contributed by atoms with Gasteiger partial charge in [0.15, 0.2) is 0 Å². The third-order valence-corrected chi connectivity index (χ3v) is 4.03. The normalized spacial score (nSPS) is 19.9. The lowest BCUT2D eigenvalue weighted by Gasteiger charge is -2.12. The lowest BCUT2D eigenvalue weighted by Crippen LogP contribution is -2.13. The monoisotopic (exact) mass is 274 g/mol. The quantitative estimate of drug-likeness (QED) is 0.774. The van der Waals surface area contributed by atoms with E-state index in [4.69, 9.17) is 4.74 Å². The van der Waals surface area contributed by atoms with Crippen molar-refractivity contribution in [2.75, 3.05) is 6.61 Å². The number of hydrogen-bond acceptors (Lipinski definition) is 3. The van der Waals surface area contributed by atoms with Crippen molar-refractivity contribution in [3.8, 4) is 0 Å². The minimum Gasteiger partial charge on any atom is -0.466 e. The molecule has 0 radical (unpaired) electrons. The van der Waals surface area contributed by atoms with Gasteiger partial charge < -0.3 is 4.74 Å². The van der Waals surface area contributed by atoms with Crippen molar-refractivity contribution in [3.63, 3.8) is 0 Å². The fourth-order valence-electron chi connectivity index (χ4n) is 2.73. The number of carbonyl (C=O) groups is 2. The largest absolute Gasteiger partial charge is 0.466 e. The van der Waals surface area contributed by atoms with Crippen LogP contribution in [0.5, 0.6) is 0 Å². The van der Waals surface area contributed by atoms with Crippen LogP contribution in [-0.4, -0.2) is 18.4 Å². The second kappa shape index (κ2) is 6.69. The molecule has 1 aliphatic rings. The Morgan fingerprint density at radius 2 is 2.05 bits per heavy atom. The number of benzene rings is 1. The molecule has 0 aromatic heterocycles. The molecule has 3 heteroatoms. The van der Waals surface area contributed by atoms with E-state index in [1.165, 1.54) is 5.56 Å². The van der Waals surface area contributed by atoms with Gasteiger partial charge >= 0.3 is 5.97 Å². The molecule has 0 spiro atoms. The lowest BCUT2D eigenvalue weighted by atomic mass is 9.94. The maximum Gasteiger partial charge on any atom is 0.313 e.